The maximum Gasteiger partial charge on any atom is 0.294 e. The third-order valence-electron chi connectivity index (χ3n) is 9.05. The summed E-state index contributed by atoms with van der Waals surface area (Å²) in [5.41, 5.74) is 1.74. The molecule has 0 aliphatic carbocycles. The second kappa shape index (κ2) is 17.1. The SMILES string of the molecule is O=COCN1CCN(CCCN2C(=O)c3ccccc3C2=O)CCN(CCCN2C(=O)c3ccccc3C2=O)CCN(COC=O)CC1. The van der Waals surface area contributed by atoms with Crippen LogP contribution in [0.1, 0.15) is 54.3 Å². The van der Waals surface area contributed by atoms with Gasteiger partial charge >= 0.3 is 0 Å². The minimum atomic E-state index is -0.270. The number of hydrogen-bond acceptors (Lipinski definition) is 12. The highest BCUT2D eigenvalue weighted by Crippen LogP contribution is 2.23. The Balaban J connectivity index is 1.21. The van der Waals surface area contributed by atoms with Crippen molar-refractivity contribution in [1.29, 1.82) is 0 Å². The smallest absolute Gasteiger partial charge is 0.294 e. The van der Waals surface area contributed by atoms with Crippen LogP contribution in [0, 0.1) is 0 Å². The molecular weight excluding hydrogens is 620 g/mol. The summed E-state index contributed by atoms with van der Waals surface area (Å²) in [6.07, 6.45) is 1.18. The molecule has 0 aromatic heterocycles. The Hall–Kier alpha value is -4.50. The molecule has 1 saturated heterocycles. The van der Waals surface area contributed by atoms with E-state index in [0.29, 0.717) is 127 Å². The van der Waals surface area contributed by atoms with Crippen LogP contribution in [0.15, 0.2) is 48.5 Å². The largest absolute Gasteiger partial charge is 0.452 e. The van der Waals surface area contributed by atoms with Gasteiger partial charge in [-0.2, -0.15) is 0 Å². The first kappa shape index (κ1) is 34.8. The number of imide groups is 2. The average Bonchev–Trinajstić information content (AvgIpc) is 3.49. The number of benzene rings is 2. The quantitative estimate of drug-likeness (QED) is 0.209. The Morgan fingerprint density at radius 3 is 1.04 bits per heavy atom. The van der Waals surface area contributed by atoms with Crippen molar-refractivity contribution in [2.45, 2.75) is 12.8 Å². The molecule has 0 radical (unpaired) electrons. The lowest BCUT2D eigenvalue weighted by Crippen LogP contribution is -2.47. The molecule has 3 aliphatic rings. The maximum absolute atomic E-state index is 12.9. The van der Waals surface area contributed by atoms with E-state index in [1.807, 2.05) is 9.80 Å². The van der Waals surface area contributed by atoms with Crippen molar-refractivity contribution in [3.8, 4) is 0 Å². The van der Waals surface area contributed by atoms with Crippen LogP contribution in [-0.2, 0) is 19.1 Å². The fourth-order valence-electron chi connectivity index (χ4n) is 6.34. The minimum Gasteiger partial charge on any atom is -0.452 e. The first-order valence-corrected chi connectivity index (χ1v) is 16.3. The van der Waals surface area contributed by atoms with Gasteiger partial charge in [0.05, 0.1) is 22.3 Å². The first-order valence-electron chi connectivity index (χ1n) is 16.3. The number of amides is 4. The van der Waals surface area contributed by atoms with Gasteiger partial charge in [-0.1, -0.05) is 24.3 Å². The van der Waals surface area contributed by atoms with Crippen LogP contribution in [-0.4, -0.2) is 158 Å². The van der Waals surface area contributed by atoms with Crippen molar-refractivity contribution in [1.82, 2.24) is 29.4 Å². The summed E-state index contributed by atoms with van der Waals surface area (Å²) >= 11 is 0. The van der Waals surface area contributed by atoms with Crippen molar-refractivity contribution < 1.29 is 38.2 Å². The fraction of sp³-hybridized carbons (Fsp3) is 0.471. The molecule has 0 unspecified atom stereocenters. The summed E-state index contributed by atoms with van der Waals surface area (Å²) in [6, 6.07) is 13.7. The van der Waals surface area contributed by atoms with Crippen LogP contribution >= 0.6 is 0 Å². The summed E-state index contributed by atoms with van der Waals surface area (Å²) in [6.45, 7) is 7.97. The molecule has 2 aromatic carbocycles. The molecule has 14 heteroatoms. The van der Waals surface area contributed by atoms with Crippen LogP contribution in [0.3, 0.4) is 0 Å². The van der Waals surface area contributed by atoms with E-state index in [9.17, 15) is 28.8 Å². The summed E-state index contributed by atoms with van der Waals surface area (Å²) in [5, 5.41) is 0. The van der Waals surface area contributed by atoms with Gasteiger partial charge in [0, 0.05) is 65.4 Å². The molecule has 48 heavy (non-hydrogen) atoms. The molecule has 3 heterocycles. The molecule has 14 nitrogen and oxygen atoms in total. The molecule has 0 atom stereocenters. The summed E-state index contributed by atoms with van der Waals surface area (Å²) in [4.78, 5) is 84.7. The molecule has 2 aromatic rings. The highest BCUT2D eigenvalue weighted by Gasteiger charge is 2.35. The zero-order valence-corrected chi connectivity index (χ0v) is 27.0. The molecule has 1 fully saturated rings. The van der Waals surface area contributed by atoms with Gasteiger partial charge in [-0.05, 0) is 50.2 Å². The molecule has 0 bridgehead atoms. The molecule has 0 saturated carbocycles. The van der Waals surface area contributed by atoms with Gasteiger partial charge in [0.15, 0.2) is 0 Å². The van der Waals surface area contributed by atoms with Crippen LogP contribution in [0.5, 0.6) is 0 Å². The fourth-order valence-corrected chi connectivity index (χ4v) is 6.34. The number of rotatable bonds is 14. The van der Waals surface area contributed by atoms with Gasteiger partial charge < -0.3 is 19.3 Å². The minimum absolute atomic E-state index is 0.124. The third-order valence-corrected chi connectivity index (χ3v) is 9.05. The van der Waals surface area contributed by atoms with Crippen LogP contribution in [0.4, 0.5) is 0 Å². The molecule has 256 valence electrons. The molecule has 3 aliphatic heterocycles. The lowest BCUT2D eigenvalue weighted by atomic mass is 10.1. The van der Waals surface area contributed by atoms with Crippen molar-refractivity contribution in [3.05, 3.63) is 70.8 Å². The monoisotopic (exact) mass is 662 g/mol. The lowest BCUT2D eigenvalue weighted by Gasteiger charge is -2.34. The Morgan fingerprint density at radius 2 is 0.750 bits per heavy atom. The van der Waals surface area contributed by atoms with Gasteiger partial charge in [-0.25, -0.2) is 0 Å². The number of carbonyl (C=O) groups excluding carboxylic acids is 6. The maximum atomic E-state index is 12.9. The Labute approximate surface area is 279 Å². The van der Waals surface area contributed by atoms with Gasteiger partial charge in [0.25, 0.3) is 36.6 Å². The standard InChI is InChI=1S/C34H42N6O8/c41-25-47-23-37-19-17-35(11-5-13-39-31(43)27-7-1-2-8-28(27)32(39)44)15-16-36(18-20-38(22-21-37)24-48-26-42)12-6-14-40-33(45)29-9-3-4-10-30(29)34(40)46/h1-4,7-10,25-26H,5-6,11-24H2. The van der Waals surface area contributed by atoms with Crippen molar-refractivity contribution in [2.75, 3.05) is 92.0 Å². The van der Waals surface area contributed by atoms with Gasteiger partial charge in [-0.3, -0.25) is 48.4 Å². The van der Waals surface area contributed by atoms with Crippen molar-refractivity contribution in [3.63, 3.8) is 0 Å². The zero-order chi connectivity index (χ0) is 33.9. The highest BCUT2D eigenvalue weighted by molar-refractivity contribution is 6.22. The number of hydrogen-bond donors (Lipinski definition) is 0. The van der Waals surface area contributed by atoms with E-state index in [1.54, 1.807) is 48.5 Å². The summed E-state index contributed by atoms with van der Waals surface area (Å²) in [5.74, 6) is -1.08. The molecule has 0 spiro atoms. The van der Waals surface area contributed by atoms with E-state index in [4.69, 9.17) is 9.47 Å². The van der Waals surface area contributed by atoms with E-state index < -0.39 is 0 Å². The first-order chi connectivity index (χ1) is 23.4. The predicted octanol–water partition coefficient (Wildman–Crippen LogP) is 0.842. The zero-order valence-electron chi connectivity index (χ0n) is 27.0. The summed E-state index contributed by atoms with van der Waals surface area (Å²) < 4.78 is 10.1. The van der Waals surface area contributed by atoms with Gasteiger partial charge in [0.1, 0.15) is 13.5 Å². The number of ether oxygens (including phenoxy) is 2. The second-order valence-electron chi connectivity index (χ2n) is 12.0. The van der Waals surface area contributed by atoms with Crippen molar-refractivity contribution >= 4 is 36.6 Å². The Morgan fingerprint density at radius 1 is 0.458 bits per heavy atom. The Bertz CT molecular complexity index is 1310. The van der Waals surface area contributed by atoms with Crippen molar-refractivity contribution in [2.24, 2.45) is 0 Å². The molecule has 0 N–H and O–H groups in total. The topological polar surface area (TPSA) is 140 Å². The van der Waals surface area contributed by atoms with Crippen LogP contribution < -0.4 is 0 Å². The van der Waals surface area contributed by atoms with Crippen LogP contribution in [0.25, 0.3) is 0 Å². The molecular formula is C34H42N6O8. The number of nitrogens with zero attached hydrogens (tertiary/aromatic N) is 6. The lowest BCUT2D eigenvalue weighted by molar-refractivity contribution is -0.135. The Kier molecular flexibility index (Phi) is 12.4. The molecule has 5 rings (SSSR count). The van der Waals surface area contributed by atoms with E-state index in [0.717, 1.165) is 0 Å². The van der Waals surface area contributed by atoms with E-state index in [-0.39, 0.29) is 37.1 Å². The second-order valence-corrected chi connectivity index (χ2v) is 12.0. The third kappa shape index (κ3) is 8.50. The molecule has 4 amide bonds. The van der Waals surface area contributed by atoms with E-state index >= 15 is 0 Å². The van der Waals surface area contributed by atoms with E-state index in [2.05, 4.69) is 9.80 Å². The van der Waals surface area contributed by atoms with Gasteiger partial charge in [0.2, 0.25) is 0 Å². The number of fused-ring (bicyclic) bond motifs is 2. The van der Waals surface area contributed by atoms with Crippen LogP contribution in [0.2, 0.25) is 0 Å². The predicted molar refractivity (Wildman–Crippen MR) is 173 cm³/mol. The summed E-state index contributed by atoms with van der Waals surface area (Å²) in [7, 11) is 0. The normalized spacial score (nSPS) is 18.8. The average molecular weight is 663 g/mol. The van der Waals surface area contributed by atoms with Gasteiger partial charge in [-0.15, -0.1) is 0 Å². The highest BCUT2D eigenvalue weighted by atomic mass is 16.5. The number of carbonyl (C=O) groups is 6. The van der Waals surface area contributed by atoms with E-state index in [1.165, 1.54) is 9.80 Å².